The molecule has 1 aromatic carbocycles. The standard InChI is InChI=1S/C11H7Br2FN2OS/c12-9-4-6(10(13)18-9)11(17)16-5-1-2-7(14)8(15)3-5/h1-4H,15H2,(H,16,17). The minimum absolute atomic E-state index is 0.00151. The van der Waals surface area contributed by atoms with Crippen molar-refractivity contribution >= 4 is 60.5 Å². The van der Waals surface area contributed by atoms with E-state index in [0.29, 0.717) is 11.3 Å². The predicted molar refractivity (Wildman–Crippen MR) is 78.5 cm³/mol. The van der Waals surface area contributed by atoms with E-state index in [1.165, 1.54) is 29.5 Å². The van der Waals surface area contributed by atoms with Crippen LogP contribution < -0.4 is 11.1 Å². The number of nitrogens with two attached hydrogens (primary N) is 1. The molecule has 1 aromatic heterocycles. The Bertz CT molecular complexity index is 615. The highest BCUT2D eigenvalue weighted by atomic mass is 79.9. The van der Waals surface area contributed by atoms with Gasteiger partial charge in [0.05, 0.1) is 18.8 Å². The van der Waals surface area contributed by atoms with Gasteiger partial charge in [-0.1, -0.05) is 0 Å². The lowest BCUT2D eigenvalue weighted by molar-refractivity contribution is 0.102. The number of amides is 1. The maximum atomic E-state index is 13.0. The predicted octanol–water partition coefficient (Wildman–Crippen LogP) is 4.25. The number of thiophene rings is 1. The highest BCUT2D eigenvalue weighted by Crippen LogP contribution is 2.32. The number of benzene rings is 1. The summed E-state index contributed by atoms with van der Waals surface area (Å²) < 4.78 is 14.5. The lowest BCUT2D eigenvalue weighted by Gasteiger charge is -2.05. The van der Waals surface area contributed by atoms with Crippen molar-refractivity contribution in [2.24, 2.45) is 0 Å². The van der Waals surface area contributed by atoms with Crippen molar-refractivity contribution in [1.29, 1.82) is 0 Å². The second-order valence-corrected chi connectivity index (χ2v) is 7.18. The highest BCUT2D eigenvalue weighted by molar-refractivity contribution is 9.12. The molecule has 3 nitrogen and oxygen atoms in total. The quantitative estimate of drug-likeness (QED) is 0.749. The minimum atomic E-state index is -0.507. The summed E-state index contributed by atoms with van der Waals surface area (Å²) in [4.78, 5) is 12.0. The second kappa shape index (κ2) is 5.38. The summed E-state index contributed by atoms with van der Waals surface area (Å²) in [6.45, 7) is 0. The fourth-order valence-electron chi connectivity index (χ4n) is 1.32. The molecule has 0 unspecified atom stereocenters. The van der Waals surface area contributed by atoms with Gasteiger partial charge in [-0.05, 0) is 56.1 Å². The lowest BCUT2D eigenvalue weighted by Crippen LogP contribution is -2.11. The van der Waals surface area contributed by atoms with Gasteiger partial charge >= 0.3 is 0 Å². The molecule has 0 atom stereocenters. The van der Waals surface area contributed by atoms with Crippen molar-refractivity contribution in [2.45, 2.75) is 0 Å². The Morgan fingerprint density at radius 3 is 2.61 bits per heavy atom. The monoisotopic (exact) mass is 392 g/mol. The molecular formula is C11H7Br2FN2OS. The first kappa shape index (κ1) is 13.5. The van der Waals surface area contributed by atoms with Crippen LogP contribution in [0.25, 0.3) is 0 Å². The molecule has 0 fully saturated rings. The van der Waals surface area contributed by atoms with Crippen molar-refractivity contribution in [3.8, 4) is 0 Å². The number of anilines is 2. The van der Waals surface area contributed by atoms with Gasteiger partial charge in [0.15, 0.2) is 0 Å². The number of hydrogen-bond donors (Lipinski definition) is 2. The first-order valence-electron chi connectivity index (χ1n) is 4.78. The number of nitrogens with one attached hydrogen (secondary N) is 1. The maximum absolute atomic E-state index is 13.0. The summed E-state index contributed by atoms with van der Waals surface area (Å²) in [7, 11) is 0. The van der Waals surface area contributed by atoms with Crippen molar-refractivity contribution in [2.75, 3.05) is 11.1 Å². The Kier molecular flexibility index (Phi) is 4.04. The Balaban J connectivity index is 2.21. The molecule has 0 aliphatic heterocycles. The fourth-order valence-corrected chi connectivity index (χ4v) is 4.11. The van der Waals surface area contributed by atoms with E-state index in [9.17, 15) is 9.18 Å². The van der Waals surface area contributed by atoms with Crippen molar-refractivity contribution < 1.29 is 9.18 Å². The van der Waals surface area contributed by atoms with Gasteiger partial charge in [0.2, 0.25) is 0 Å². The van der Waals surface area contributed by atoms with Gasteiger partial charge in [0.1, 0.15) is 5.82 Å². The molecule has 2 aromatic rings. The van der Waals surface area contributed by atoms with Crippen LogP contribution in [0, 0.1) is 5.82 Å². The van der Waals surface area contributed by atoms with E-state index in [0.717, 1.165) is 7.57 Å². The second-order valence-electron chi connectivity index (χ2n) is 3.43. The van der Waals surface area contributed by atoms with E-state index in [1.807, 2.05) is 0 Å². The smallest absolute Gasteiger partial charge is 0.257 e. The zero-order valence-electron chi connectivity index (χ0n) is 8.84. The van der Waals surface area contributed by atoms with Crippen molar-refractivity contribution in [1.82, 2.24) is 0 Å². The zero-order valence-corrected chi connectivity index (χ0v) is 12.8. The van der Waals surface area contributed by atoms with Crippen molar-refractivity contribution in [3.05, 3.63) is 43.2 Å². The number of nitrogen functional groups attached to an aromatic ring is 1. The Labute approximate surface area is 123 Å². The van der Waals surface area contributed by atoms with E-state index < -0.39 is 5.82 Å². The molecule has 18 heavy (non-hydrogen) atoms. The molecule has 0 saturated heterocycles. The molecular weight excluding hydrogens is 387 g/mol. The van der Waals surface area contributed by atoms with Crippen LogP contribution in [0.2, 0.25) is 0 Å². The van der Waals surface area contributed by atoms with Gasteiger partial charge in [-0.15, -0.1) is 11.3 Å². The molecule has 3 N–H and O–H groups in total. The number of carbonyl (C=O) groups excluding carboxylic acids is 1. The van der Waals surface area contributed by atoms with Gasteiger partial charge in [0.25, 0.3) is 5.91 Å². The molecule has 94 valence electrons. The van der Waals surface area contributed by atoms with Crippen molar-refractivity contribution in [3.63, 3.8) is 0 Å². The van der Waals surface area contributed by atoms with Gasteiger partial charge in [0, 0.05) is 5.69 Å². The van der Waals surface area contributed by atoms with Crippen LogP contribution >= 0.6 is 43.2 Å². The normalized spacial score (nSPS) is 10.4. The average Bonchev–Trinajstić information content (AvgIpc) is 2.63. The molecule has 0 aliphatic carbocycles. The molecule has 1 heterocycles. The highest BCUT2D eigenvalue weighted by Gasteiger charge is 2.14. The van der Waals surface area contributed by atoms with Gasteiger partial charge in [-0.2, -0.15) is 0 Å². The van der Waals surface area contributed by atoms with Crippen LogP contribution in [0.4, 0.5) is 15.8 Å². The number of rotatable bonds is 2. The summed E-state index contributed by atoms with van der Waals surface area (Å²) >= 11 is 8.00. The first-order chi connectivity index (χ1) is 8.47. The van der Waals surface area contributed by atoms with E-state index in [-0.39, 0.29) is 11.6 Å². The summed E-state index contributed by atoms with van der Waals surface area (Å²) in [6.07, 6.45) is 0. The molecule has 0 spiro atoms. The van der Waals surface area contributed by atoms with E-state index in [2.05, 4.69) is 37.2 Å². The molecule has 0 aliphatic rings. The van der Waals surface area contributed by atoms with Gasteiger partial charge < -0.3 is 11.1 Å². The third kappa shape index (κ3) is 2.90. The molecule has 0 radical (unpaired) electrons. The summed E-state index contributed by atoms with van der Waals surface area (Å²) in [6, 6.07) is 5.75. The van der Waals surface area contributed by atoms with Gasteiger partial charge in [-0.25, -0.2) is 4.39 Å². The van der Waals surface area contributed by atoms with Crippen LogP contribution in [0.1, 0.15) is 10.4 Å². The van der Waals surface area contributed by atoms with E-state index >= 15 is 0 Å². The van der Waals surface area contributed by atoms with Crippen LogP contribution in [-0.4, -0.2) is 5.91 Å². The van der Waals surface area contributed by atoms with Crippen LogP contribution in [-0.2, 0) is 0 Å². The third-order valence-corrected chi connectivity index (χ3v) is 4.49. The van der Waals surface area contributed by atoms with Crippen LogP contribution in [0.3, 0.4) is 0 Å². The average molecular weight is 394 g/mol. The number of hydrogen-bond acceptors (Lipinski definition) is 3. The molecule has 0 bridgehead atoms. The number of halogens is 3. The fraction of sp³-hybridized carbons (Fsp3) is 0. The SMILES string of the molecule is Nc1cc(NC(=O)c2cc(Br)sc2Br)ccc1F. The Morgan fingerprint density at radius 2 is 2.06 bits per heavy atom. The number of carbonyl (C=O) groups is 1. The summed E-state index contributed by atoms with van der Waals surface area (Å²) in [5.74, 6) is -0.790. The molecule has 1 amide bonds. The Morgan fingerprint density at radius 1 is 1.33 bits per heavy atom. The van der Waals surface area contributed by atoms with Crippen LogP contribution in [0.5, 0.6) is 0 Å². The first-order valence-corrected chi connectivity index (χ1v) is 7.19. The zero-order chi connectivity index (χ0) is 13.3. The molecule has 2 rings (SSSR count). The van der Waals surface area contributed by atoms with Gasteiger partial charge in [-0.3, -0.25) is 4.79 Å². The topological polar surface area (TPSA) is 55.1 Å². The molecule has 0 saturated carbocycles. The van der Waals surface area contributed by atoms with E-state index in [1.54, 1.807) is 6.07 Å². The van der Waals surface area contributed by atoms with Crippen LogP contribution in [0.15, 0.2) is 31.8 Å². The lowest BCUT2D eigenvalue weighted by atomic mass is 10.2. The third-order valence-electron chi connectivity index (χ3n) is 2.16. The largest absolute Gasteiger partial charge is 0.396 e. The Hall–Kier alpha value is -0.920. The minimum Gasteiger partial charge on any atom is -0.396 e. The maximum Gasteiger partial charge on any atom is 0.257 e. The summed E-state index contributed by atoms with van der Waals surface area (Å²) in [5.41, 5.74) is 6.39. The summed E-state index contributed by atoms with van der Waals surface area (Å²) in [5, 5.41) is 2.65. The van der Waals surface area contributed by atoms with E-state index in [4.69, 9.17) is 5.73 Å². The molecule has 7 heteroatoms.